The molecule has 4 aromatic rings. The van der Waals surface area contributed by atoms with Gasteiger partial charge in [-0.2, -0.15) is 0 Å². The van der Waals surface area contributed by atoms with E-state index < -0.39 is 0 Å². The molecule has 0 fully saturated rings. The van der Waals surface area contributed by atoms with Gasteiger partial charge in [0.05, 0.1) is 24.1 Å². The highest BCUT2D eigenvalue weighted by atomic mass is 32.1. The van der Waals surface area contributed by atoms with Crippen molar-refractivity contribution in [2.75, 3.05) is 10.6 Å². The largest absolute Gasteiger partial charge is 0.364 e. The third-order valence-electron chi connectivity index (χ3n) is 4.13. The minimum Gasteiger partial charge on any atom is -0.364 e. The minimum absolute atomic E-state index is 0.158. The lowest BCUT2D eigenvalue weighted by Crippen LogP contribution is -2.12. The molecule has 6 heteroatoms. The maximum Gasteiger partial charge on any atom is 0.255 e. The first kappa shape index (κ1) is 17.9. The van der Waals surface area contributed by atoms with Crippen molar-refractivity contribution in [3.05, 3.63) is 95.8 Å². The van der Waals surface area contributed by atoms with Gasteiger partial charge in [0.25, 0.3) is 5.91 Å². The zero-order valence-corrected chi connectivity index (χ0v) is 15.8. The summed E-state index contributed by atoms with van der Waals surface area (Å²) in [7, 11) is 0. The van der Waals surface area contributed by atoms with Crippen LogP contribution in [0, 0.1) is 0 Å². The molecule has 0 spiro atoms. The van der Waals surface area contributed by atoms with E-state index in [0.29, 0.717) is 17.8 Å². The maximum atomic E-state index is 12.6. The number of amides is 1. The Morgan fingerprint density at radius 3 is 2.68 bits per heavy atom. The fourth-order valence-electron chi connectivity index (χ4n) is 2.72. The Morgan fingerprint density at radius 2 is 1.93 bits per heavy atom. The van der Waals surface area contributed by atoms with E-state index >= 15 is 0 Å². The summed E-state index contributed by atoms with van der Waals surface area (Å²) in [6, 6.07) is 21.1. The Balaban J connectivity index is 1.39. The number of aromatic nitrogens is 2. The smallest absolute Gasteiger partial charge is 0.255 e. The van der Waals surface area contributed by atoms with Gasteiger partial charge in [-0.3, -0.25) is 9.78 Å². The monoisotopic (exact) mass is 386 g/mol. The van der Waals surface area contributed by atoms with E-state index in [2.05, 4.69) is 20.6 Å². The average molecular weight is 386 g/mol. The van der Waals surface area contributed by atoms with Crippen LogP contribution in [0.2, 0.25) is 0 Å². The van der Waals surface area contributed by atoms with Crippen molar-refractivity contribution >= 4 is 28.7 Å². The molecule has 138 valence electrons. The number of nitrogens with zero attached hydrogens (tertiary/aromatic N) is 2. The van der Waals surface area contributed by atoms with Crippen LogP contribution in [0.5, 0.6) is 0 Å². The van der Waals surface area contributed by atoms with Crippen LogP contribution in [0.15, 0.2) is 84.5 Å². The predicted molar refractivity (Wildman–Crippen MR) is 114 cm³/mol. The molecule has 3 heterocycles. The number of pyridine rings is 2. The summed E-state index contributed by atoms with van der Waals surface area (Å²) in [5, 5.41) is 8.13. The Kier molecular flexibility index (Phi) is 5.40. The number of carbonyl (C=O) groups excluding carboxylic acids is 1. The highest BCUT2D eigenvalue weighted by Gasteiger charge is 2.08. The van der Waals surface area contributed by atoms with E-state index in [1.807, 2.05) is 72.1 Å². The quantitative estimate of drug-likeness (QED) is 0.485. The van der Waals surface area contributed by atoms with Gasteiger partial charge in [-0.05, 0) is 53.4 Å². The molecule has 0 saturated heterocycles. The van der Waals surface area contributed by atoms with Crippen LogP contribution in [-0.4, -0.2) is 15.9 Å². The van der Waals surface area contributed by atoms with Gasteiger partial charge in [0.15, 0.2) is 0 Å². The van der Waals surface area contributed by atoms with Crippen LogP contribution in [0.4, 0.5) is 11.5 Å². The molecule has 0 aliphatic carbocycles. The first-order valence-corrected chi connectivity index (χ1v) is 9.71. The van der Waals surface area contributed by atoms with Crippen molar-refractivity contribution < 1.29 is 4.79 Å². The highest BCUT2D eigenvalue weighted by molar-refractivity contribution is 7.13. The number of hydrogen-bond acceptors (Lipinski definition) is 5. The first-order chi connectivity index (χ1) is 13.8. The fourth-order valence-corrected chi connectivity index (χ4v) is 3.44. The topological polar surface area (TPSA) is 66.9 Å². The average Bonchev–Trinajstić information content (AvgIpc) is 3.29. The highest BCUT2D eigenvalue weighted by Crippen LogP contribution is 2.25. The summed E-state index contributed by atoms with van der Waals surface area (Å²) < 4.78 is 0. The lowest BCUT2D eigenvalue weighted by Gasteiger charge is -2.08. The number of thiophene rings is 1. The van der Waals surface area contributed by atoms with Crippen molar-refractivity contribution in [3.8, 4) is 10.4 Å². The van der Waals surface area contributed by atoms with Crippen LogP contribution < -0.4 is 10.6 Å². The summed E-state index contributed by atoms with van der Waals surface area (Å²) in [5.74, 6) is 0.567. The minimum atomic E-state index is -0.158. The number of hydrogen-bond donors (Lipinski definition) is 2. The molecule has 0 aliphatic heterocycles. The van der Waals surface area contributed by atoms with Crippen molar-refractivity contribution in [2.45, 2.75) is 6.54 Å². The molecule has 0 atom stereocenters. The van der Waals surface area contributed by atoms with E-state index in [1.54, 1.807) is 23.7 Å². The van der Waals surface area contributed by atoms with Gasteiger partial charge >= 0.3 is 0 Å². The zero-order chi connectivity index (χ0) is 19.2. The van der Waals surface area contributed by atoms with Gasteiger partial charge < -0.3 is 10.6 Å². The maximum absolute atomic E-state index is 12.6. The Morgan fingerprint density at radius 1 is 0.964 bits per heavy atom. The standard InChI is InChI=1S/C22H18N4OS/c27-22(17-6-3-5-16(13-17)20-8-4-12-28-20)26-19-9-10-21(25-15-19)24-14-18-7-1-2-11-23-18/h1-13,15H,14H2,(H,24,25)(H,26,27). The number of benzene rings is 1. The molecular formula is C22H18N4OS. The number of anilines is 2. The molecule has 0 bridgehead atoms. The Bertz CT molecular complexity index is 1050. The van der Waals surface area contributed by atoms with Gasteiger partial charge in [-0.1, -0.05) is 24.3 Å². The second-order valence-electron chi connectivity index (χ2n) is 6.12. The fraction of sp³-hybridized carbons (Fsp3) is 0.0455. The van der Waals surface area contributed by atoms with Crippen molar-refractivity contribution in [1.29, 1.82) is 0 Å². The zero-order valence-electron chi connectivity index (χ0n) is 15.0. The molecule has 0 radical (unpaired) electrons. The Hall–Kier alpha value is -3.51. The molecule has 1 aromatic carbocycles. The van der Waals surface area contributed by atoms with Gasteiger partial charge in [0.2, 0.25) is 0 Å². The van der Waals surface area contributed by atoms with E-state index in [4.69, 9.17) is 0 Å². The van der Waals surface area contributed by atoms with Crippen LogP contribution in [0.25, 0.3) is 10.4 Å². The van der Waals surface area contributed by atoms with E-state index in [1.165, 1.54) is 0 Å². The summed E-state index contributed by atoms with van der Waals surface area (Å²) in [6.07, 6.45) is 3.40. The van der Waals surface area contributed by atoms with Gasteiger partial charge in [0, 0.05) is 16.6 Å². The lowest BCUT2D eigenvalue weighted by molar-refractivity contribution is 0.102. The number of rotatable bonds is 6. The Labute approximate surface area is 167 Å². The van der Waals surface area contributed by atoms with Crippen molar-refractivity contribution in [1.82, 2.24) is 9.97 Å². The van der Waals surface area contributed by atoms with E-state index in [9.17, 15) is 4.79 Å². The molecular weight excluding hydrogens is 368 g/mol. The summed E-state index contributed by atoms with van der Waals surface area (Å²) in [6.45, 7) is 0.592. The van der Waals surface area contributed by atoms with Crippen molar-refractivity contribution in [3.63, 3.8) is 0 Å². The third-order valence-corrected chi connectivity index (χ3v) is 5.05. The van der Waals surface area contributed by atoms with Gasteiger partial charge in [-0.15, -0.1) is 11.3 Å². The van der Waals surface area contributed by atoms with Crippen LogP contribution in [-0.2, 0) is 6.54 Å². The SMILES string of the molecule is O=C(Nc1ccc(NCc2ccccn2)nc1)c1cccc(-c2cccs2)c1. The van der Waals surface area contributed by atoms with Gasteiger partial charge in [0.1, 0.15) is 5.82 Å². The molecule has 0 saturated carbocycles. The second kappa shape index (κ2) is 8.45. The number of carbonyl (C=O) groups is 1. The molecule has 28 heavy (non-hydrogen) atoms. The van der Waals surface area contributed by atoms with E-state index in [-0.39, 0.29) is 5.91 Å². The summed E-state index contributed by atoms with van der Waals surface area (Å²) >= 11 is 1.65. The lowest BCUT2D eigenvalue weighted by atomic mass is 10.1. The number of nitrogens with one attached hydrogen (secondary N) is 2. The normalized spacial score (nSPS) is 10.4. The molecule has 5 nitrogen and oxygen atoms in total. The van der Waals surface area contributed by atoms with Crippen molar-refractivity contribution in [2.24, 2.45) is 0 Å². The molecule has 1 amide bonds. The predicted octanol–water partition coefficient (Wildman–Crippen LogP) is 5.07. The molecule has 0 aliphatic rings. The molecule has 4 rings (SSSR count). The van der Waals surface area contributed by atoms with Crippen LogP contribution >= 0.6 is 11.3 Å². The summed E-state index contributed by atoms with van der Waals surface area (Å²) in [4.78, 5) is 22.3. The van der Waals surface area contributed by atoms with Gasteiger partial charge in [-0.25, -0.2) is 4.98 Å². The molecule has 0 unspecified atom stereocenters. The second-order valence-corrected chi connectivity index (χ2v) is 7.07. The molecule has 2 N–H and O–H groups in total. The van der Waals surface area contributed by atoms with Crippen LogP contribution in [0.1, 0.15) is 16.1 Å². The third kappa shape index (κ3) is 4.42. The summed E-state index contributed by atoms with van der Waals surface area (Å²) in [5.41, 5.74) is 3.24. The van der Waals surface area contributed by atoms with E-state index in [0.717, 1.165) is 22.0 Å². The first-order valence-electron chi connectivity index (χ1n) is 8.83. The van der Waals surface area contributed by atoms with Crippen LogP contribution in [0.3, 0.4) is 0 Å². The molecule has 3 aromatic heterocycles.